The van der Waals surface area contributed by atoms with Crippen molar-refractivity contribution in [3.63, 3.8) is 0 Å². The standard InChI is InChI=1S/C14H12F2O5Se/c1-20-9-3-6-11(5-10(9)21-2)22-13(12(6)16)8(17)4-7(15)14(18)19/h3,5,7H,4H2,1-2H3,(H,18,19). The van der Waals surface area contributed by atoms with Gasteiger partial charge in [0.1, 0.15) is 0 Å². The van der Waals surface area contributed by atoms with Crippen molar-refractivity contribution < 1.29 is 33.0 Å². The van der Waals surface area contributed by atoms with Crippen molar-refractivity contribution in [3.8, 4) is 11.5 Å². The van der Waals surface area contributed by atoms with E-state index in [1.807, 2.05) is 0 Å². The van der Waals surface area contributed by atoms with Gasteiger partial charge in [-0.05, 0) is 0 Å². The molecule has 0 saturated heterocycles. The Kier molecular flexibility index (Phi) is 4.83. The fraction of sp³-hybridized carbons (Fsp3) is 0.286. The van der Waals surface area contributed by atoms with E-state index in [2.05, 4.69) is 0 Å². The quantitative estimate of drug-likeness (QED) is 0.616. The maximum atomic E-state index is 14.3. The van der Waals surface area contributed by atoms with Gasteiger partial charge in [-0.3, -0.25) is 0 Å². The van der Waals surface area contributed by atoms with Crippen molar-refractivity contribution in [3.05, 3.63) is 22.4 Å². The van der Waals surface area contributed by atoms with Crippen LogP contribution in [-0.4, -0.2) is 51.8 Å². The average molecular weight is 377 g/mol. The van der Waals surface area contributed by atoms with Gasteiger partial charge in [0.05, 0.1) is 0 Å². The number of carboxylic acid groups (broad SMARTS) is 1. The molecule has 1 unspecified atom stereocenters. The molecule has 118 valence electrons. The molecule has 1 aromatic heterocycles. The summed E-state index contributed by atoms with van der Waals surface area (Å²) >= 11 is -0.672. The molecule has 0 saturated carbocycles. The van der Waals surface area contributed by atoms with E-state index >= 15 is 0 Å². The normalized spacial score (nSPS) is 12.2. The Morgan fingerprint density at radius 1 is 1.27 bits per heavy atom. The number of rotatable bonds is 6. The van der Waals surface area contributed by atoms with Gasteiger partial charge >= 0.3 is 130 Å². The van der Waals surface area contributed by atoms with E-state index in [1.54, 1.807) is 6.07 Å². The van der Waals surface area contributed by atoms with Gasteiger partial charge < -0.3 is 0 Å². The molecule has 0 aliphatic carbocycles. The number of methoxy groups -OCH3 is 2. The number of carbonyl (C=O) groups is 2. The summed E-state index contributed by atoms with van der Waals surface area (Å²) in [6.07, 6.45) is -3.21. The molecule has 1 N–H and O–H groups in total. The molecule has 0 fully saturated rings. The fourth-order valence-electron chi connectivity index (χ4n) is 1.92. The van der Waals surface area contributed by atoms with Gasteiger partial charge in [-0.25, -0.2) is 0 Å². The second-order valence-electron chi connectivity index (χ2n) is 4.38. The first kappa shape index (κ1) is 16.4. The number of alkyl halides is 1. The van der Waals surface area contributed by atoms with Crippen LogP contribution in [-0.2, 0) is 4.79 Å². The Hall–Kier alpha value is -1.92. The Bertz CT molecular complexity index is 740. The number of carboxylic acids is 1. The van der Waals surface area contributed by atoms with E-state index in [1.165, 1.54) is 20.3 Å². The monoisotopic (exact) mass is 378 g/mol. The van der Waals surface area contributed by atoms with Crippen LogP contribution in [0.3, 0.4) is 0 Å². The summed E-state index contributed by atoms with van der Waals surface area (Å²) in [7, 11) is 2.83. The van der Waals surface area contributed by atoms with E-state index in [9.17, 15) is 18.4 Å². The minimum atomic E-state index is -2.34. The number of benzene rings is 1. The molecule has 22 heavy (non-hydrogen) atoms. The molecule has 1 heterocycles. The van der Waals surface area contributed by atoms with E-state index in [4.69, 9.17) is 14.6 Å². The first-order chi connectivity index (χ1) is 10.4. The molecule has 0 amide bonds. The zero-order valence-electron chi connectivity index (χ0n) is 11.7. The van der Waals surface area contributed by atoms with Crippen molar-refractivity contribution in [2.45, 2.75) is 12.6 Å². The topological polar surface area (TPSA) is 72.8 Å². The maximum absolute atomic E-state index is 14.3. The van der Waals surface area contributed by atoms with Gasteiger partial charge in [0.15, 0.2) is 0 Å². The molecule has 0 aliphatic heterocycles. The molecular weight excluding hydrogens is 365 g/mol. The number of hydrogen-bond acceptors (Lipinski definition) is 4. The van der Waals surface area contributed by atoms with Crippen LogP contribution in [0.4, 0.5) is 8.78 Å². The van der Waals surface area contributed by atoms with Gasteiger partial charge in [-0.2, -0.15) is 0 Å². The molecule has 1 atom stereocenters. The van der Waals surface area contributed by atoms with Crippen LogP contribution >= 0.6 is 0 Å². The van der Waals surface area contributed by atoms with Crippen molar-refractivity contribution in [2.75, 3.05) is 14.2 Å². The summed E-state index contributed by atoms with van der Waals surface area (Å²) in [5.74, 6) is -2.60. The number of aliphatic carboxylic acids is 1. The second kappa shape index (κ2) is 6.46. The molecule has 5 nitrogen and oxygen atoms in total. The van der Waals surface area contributed by atoms with Crippen molar-refractivity contribution in [1.82, 2.24) is 0 Å². The minimum absolute atomic E-state index is 0.165. The fourth-order valence-corrected chi connectivity index (χ4v) is 4.10. The van der Waals surface area contributed by atoms with Gasteiger partial charge in [-0.1, -0.05) is 0 Å². The van der Waals surface area contributed by atoms with Gasteiger partial charge in [0.2, 0.25) is 0 Å². The Morgan fingerprint density at radius 3 is 2.41 bits per heavy atom. The molecule has 0 radical (unpaired) electrons. The molecule has 0 bridgehead atoms. The number of Topliss-reactive ketones (excluding diaryl/α,β-unsaturated/α-hetero) is 1. The van der Waals surface area contributed by atoms with Crippen LogP contribution in [0.5, 0.6) is 11.5 Å². The number of ether oxygens (including phenoxy) is 2. The Labute approximate surface area is 130 Å². The molecule has 1 aromatic carbocycles. The van der Waals surface area contributed by atoms with E-state index in [0.29, 0.717) is 15.8 Å². The first-order valence-corrected chi connectivity index (χ1v) is 7.84. The number of carbonyl (C=O) groups excluding carboxylic acids is 1. The SMILES string of the molecule is COc1cc2[se]c(C(=O)CC(F)C(=O)O)c(F)c2cc1OC. The Morgan fingerprint density at radius 2 is 1.86 bits per heavy atom. The second-order valence-corrected chi connectivity index (χ2v) is 6.59. The molecule has 2 rings (SSSR count). The van der Waals surface area contributed by atoms with Crippen LogP contribution in [0.2, 0.25) is 0 Å². The summed E-state index contributed by atoms with van der Waals surface area (Å²) in [6, 6.07) is 2.98. The van der Waals surface area contributed by atoms with Gasteiger partial charge in [0.25, 0.3) is 0 Å². The molecule has 0 spiro atoms. The molecule has 0 aliphatic rings. The van der Waals surface area contributed by atoms with Crippen molar-refractivity contribution >= 4 is 35.9 Å². The predicted molar refractivity (Wildman–Crippen MR) is 75.4 cm³/mol. The van der Waals surface area contributed by atoms with E-state index in [-0.39, 0.29) is 9.82 Å². The summed E-state index contributed by atoms with van der Waals surface area (Å²) in [5, 5.41) is 8.69. The van der Waals surface area contributed by atoms with Crippen LogP contribution < -0.4 is 9.47 Å². The van der Waals surface area contributed by atoms with Gasteiger partial charge in [-0.15, -0.1) is 0 Å². The molecule has 2 aromatic rings. The van der Waals surface area contributed by atoms with Crippen molar-refractivity contribution in [1.29, 1.82) is 0 Å². The van der Waals surface area contributed by atoms with Crippen LogP contribution in [0.15, 0.2) is 12.1 Å². The van der Waals surface area contributed by atoms with Crippen LogP contribution in [0.25, 0.3) is 9.65 Å². The predicted octanol–water partition coefficient (Wildman–Crippen LogP) is 2.05. The first-order valence-electron chi connectivity index (χ1n) is 6.13. The Balaban J connectivity index is 2.46. The van der Waals surface area contributed by atoms with Crippen LogP contribution in [0.1, 0.15) is 15.7 Å². The number of halogens is 2. The third-order valence-corrected chi connectivity index (χ3v) is 5.47. The number of hydrogen-bond donors (Lipinski definition) is 1. The zero-order chi connectivity index (χ0) is 16.4. The van der Waals surface area contributed by atoms with Gasteiger partial charge in [0, 0.05) is 0 Å². The number of fused-ring (bicyclic) bond motifs is 1. The summed E-state index contributed by atoms with van der Waals surface area (Å²) in [6.45, 7) is 0. The molecule has 8 heteroatoms. The van der Waals surface area contributed by atoms with E-state index in [0.717, 1.165) is 0 Å². The number of ketones is 1. The van der Waals surface area contributed by atoms with Crippen molar-refractivity contribution in [2.24, 2.45) is 0 Å². The van der Waals surface area contributed by atoms with E-state index < -0.39 is 44.7 Å². The summed E-state index contributed by atoms with van der Waals surface area (Å²) in [4.78, 5) is 22.4. The summed E-state index contributed by atoms with van der Waals surface area (Å²) < 4.78 is 38.0. The molecular formula is C14H12F2O5Se. The third-order valence-electron chi connectivity index (χ3n) is 3.02. The average Bonchev–Trinajstić information content (AvgIpc) is 2.82. The summed E-state index contributed by atoms with van der Waals surface area (Å²) in [5.41, 5.74) is 0. The third kappa shape index (κ3) is 2.98. The zero-order valence-corrected chi connectivity index (χ0v) is 13.4. The van der Waals surface area contributed by atoms with Crippen LogP contribution in [0, 0.1) is 5.82 Å².